The second kappa shape index (κ2) is 7.97. The lowest BCUT2D eigenvalue weighted by Crippen LogP contribution is -2.51. The van der Waals surface area contributed by atoms with E-state index in [0.29, 0.717) is 25.7 Å². The van der Waals surface area contributed by atoms with E-state index in [0.717, 1.165) is 29.5 Å². The molecule has 0 saturated heterocycles. The van der Waals surface area contributed by atoms with Crippen molar-refractivity contribution in [3.8, 4) is 0 Å². The van der Waals surface area contributed by atoms with E-state index in [1.807, 2.05) is 24.3 Å². The molecule has 0 radical (unpaired) electrons. The molecule has 0 aromatic heterocycles. The number of carbonyl (C=O) groups is 1. The van der Waals surface area contributed by atoms with Gasteiger partial charge in [0.25, 0.3) is 0 Å². The number of hydrogen-bond donors (Lipinski definition) is 2. The van der Waals surface area contributed by atoms with Crippen LogP contribution in [0.15, 0.2) is 48.5 Å². The molecule has 1 saturated carbocycles. The maximum absolute atomic E-state index is 12.8. The number of aromatic carboxylic acids is 1. The normalized spacial score (nSPS) is 27.9. The molecule has 31 heavy (non-hydrogen) atoms. The van der Waals surface area contributed by atoms with Gasteiger partial charge in [0, 0.05) is 11.8 Å². The zero-order valence-corrected chi connectivity index (χ0v) is 17.3. The summed E-state index contributed by atoms with van der Waals surface area (Å²) in [6.45, 7) is 0. The van der Waals surface area contributed by atoms with Gasteiger partial charge in [0.1, 0.15) is 0 Å². The van der Waals surface area contributed by atoms with Crippen LogP contribution < -0.4 is 0 Å². The molecule has 0 aliphatic heterocycles. The van der Waals surface area contributed by atoms with E-state index in [-0.39, 0.29) is 23.3 Å². The summed E-state index contributed by atoms with van der Waals surface area (Å²) in [6.07, 6.45) is -2.14. The van der Waals surface area contributed by atoms with Gasteiger partial charge in [0.15, 0.2) is 0 Å². The van der Waals surface area contributed by atoms with Crippen LogP contribution in [0.25, 0.3) is 0 Å². The molecular weight excluding hydrogens is 405 g/mol. The number of hydrogen-bond acceptors (Lipinski definition) is 2. The average molecular weight is 432 g/mol. The molecule has 0 bridgehead atoms. The Labute approximate surface area is 179 Å². The highest BCUT2D eigenvalue weighted by Crippen LogP contribution is 2.55. The van der Waals surface area contributed by atoms with Crippen LogP contribution in [-0.2, 0) is 18.3 Å². The SMILES string of the molecule is O=C(O)c1ccc2c(c1)CC[C@@H]1C[C@@](O)(CCC(F)(F)F)CCC21Cc1ccccc1. The van der Waals surface area contributed by atoms with E-state index in [4.69, 9.17) is 0 Å². The molecule has 1 unspecified atom stereocenters. The molecule has 2 aromatic rings. The summed E-state index contributed by atoms with van der Waals surface area (Å²) in [7, 11) is 0. The van der Waals surface area contributed by atoms with E-state index in [1.54, 1.807) is 12.1 Å². The molecule has 2 aliphatic rings. The first kappa shape index (κ1) is 21.9. The number of carboxylic acids is 1. The van der Waals surface area contributed by atoms with Gasteiger partial charge in [-0.05, 0) is 79.7 Å². The summed E-state index contributed by atoms with van der Waals surface area (Å²) in [5, 5.41) is 20.4. The molecule has 3 atom stereocenters. The van der Waals surface area contributed by atoms with E-state index < -0.39 is 24.2 Å². The number of rotatable bonds is 5. The van der Waals surface area contributed by atoms with Crippen LogP contribution in [0.4, 0.5) is 13.2 Å². The first-order valence-corrected chi connectivity index (χ1v) is 10.8. The number of carboxylic acid groups (broad SMARTS) is 1. The summed E-state index contributed by atoms with van der Waals surface area (Å²) in [4.78, 5) is 11.5. The summed E-state index contributed by atoms with van der Waals surface area (Å²) < 4.78 is 38.5. The zero-order chi connectivity index (χ0) is 22.3. The van der Waals surface area contributed by atoms with Crippen molar-refractivity contribution in [1.29, 1.82) is 0 Å². The number of aryl methyl sites for hydroxylation is 1. The van der Waals surface area contributed by atoms with E-state index >= 15 is 0 Å². The van der Waals surface area contributed by atoms with Crippen molar-refractivity contribution in [1.82, 2.24) is 0 Å². The van der Waals surface area contributed by atoms with Crippen LogP contribution in [0.2, 0.25) is 0 Å². The highest BCUT2D eigenvalue weighted by Gasteiger charge is 2.52. The summed E-state index contributed by atoms with van der Waals surface area (Å²) in [6, 6.07) is 15.3. The Kier molecular flexibility index (Phi) is 5.63. The summed E-state index contributed by atoms with van der Waals surface area (Å²) >= 11 is 0. The predicted molar refractivity (Wildman–Crippen MR) is 111 cm³/mol. The highest BCUT2D eigenvalue weighted by molar-refractivity contribution is 5.88. The highest BCUT2D eigenvalue weighted by atomic mass is 19.4. The second-order valence-electron chi connectivity index (χ2n) is 9.27. The summed E-state index contributed by atoms with van der Waals surface area (Å²) in [5.41, 5.74) is 1.88. The third kappa shape index (κ3) is 4.49. The molecule has 3 nitrogen and oxygen atoms in total. The second-order valence-corrected chi connectivity index (χ2v) is 9.27. The molecule has 4 rings (SSSR count). The van der Waals surface area contributed by atoms with Gasteiger partial charge in [-0.25, -0.2) is 4.79 Å². The van der Waals surface area contributed by atoms with Crippen LogP contribution >= 0.6 is 0 Å². The maximum Gasteiger partial charge on any atom is 0.389 e. The van der Waals surface area contributed by atoms with Crippen LogP contribution in [0.3, 0.4) is 0 Å². The third-order valence-corrected chi connectivity index (χ3v) is 7.33. The smallest absolute Gasteiger partial charge is 0.389 e. The van der Waals surface area contributed by atoms with E-state index in [9.17, 15) is 28.2 Å². The zero-order valence-electron chi connectivity index (χ0n) is 17.3. The number of halogens is 3. The Morgan fingerprint density at radius 3 is 2.52 bits per heavy atom. The number of aliphatic hydroxyl groups is 1. The lowest BCUT2D eigenvalue weighted by molar-refractivity contribution is -0.153. The molecule has 2 N–H and O–H groups in total. The van der Waals surface area contributed by atoms with Gasteiger partial charge >= 0.3 is 12.1 Å². The third-order valence-electron chi connectivity index (χ3n) is 7.33. The van der Waals surface area contributed by atoms with Gasteiger partial charge in [-0.2, -0.15) is 13.2 Å². The molecule has 2 aliphatic carbocycles. The van der Waals surface area contributed by atoms with Crippen LogP contribution in [-0.4, -0.2) is 28.0 Å². The van der Waals surface area contributed by atoms with Crippen molar-refractivity contribution >= 4 is 5.97 Å². The molecule has 166 valence electrons. The fraction of sp³-hybridized carbons (Fsp3) is 0.480. The molecule has 0 spiro atoms. The molecular formula is C25H27F3O3. The summed E-state index contributed by atoms with van der Waals surface area (Å²) in [5.74, 6) is -0.921. The first-order valence-electron chi connectivity index (χ1n) is 10.8. The van der Waals surface area contributed by atoms with Gasteiger partial charge in [0.2, 0.25) is 0 Å². The predicted octanol–water partition coefficient (Wildman–Crippen LogP) is 5.69. The Balaban J connectivity index is 1.70. The van der Waals surface area contributed by atoms with Crippen molar-refractivity contribution in [2.45, 2.75) is 68.6 Å². The van der Waals surface area contributed by atoms with Crippen LogP contribution in [0, 0.1) is 5.92 Å². The van der Waals surface area contributed by atoms with Crippen molar-refractivity contribution < 1.29 is 28.2 Å². The van der Waals surface area contributed by atoms with Crippen molar-refractivity contribution in [3.05, 3.63) is 70.8 Å². The van der Waals surface area contributed by atoms with Gasteiger partial charge in [-0.3, -0.25) is 0 Å². The van der Waals surface area contributed by atoms with Gasteiger partial charge < -0.3 is 10.2 Å². The van der Waals surface area contributed by atoms with Gasteiger partial charge in [0.05, 0.1) is 11.2 Å². The van der Waals surface area contributed by atoms with Crippen molar-refractivity contribution in [2.24, 2.45) is 5.92 Å². The lowest BCUT2D eigenvalue weighted by Gasteiger charge is -2.53. The number of fused-ring (bicyclic) bond motifs is 3. The Bertz CT molecular complexity index is 956. The van der Waals surface area contributed by atoms with Crippen LogP contribution in [0.1, 0.15) is 65.6 Å². The molecule has 2 aromatic carbocycles. The topological polar surface area (TPSA) is 57.5 Å². The minimum absolute atomic E-state index is 0.0443. The fourth-order valence-electron chi connectivity index (χ4n) is 5.79. The minimum Gasteiger partial charge on any atom is -0.478 e. The maximum atomic E-state index is 12.8. The number of benzene rings is 2. The van der Waals surface area contributed by atoms with Crippen molar-refractivity contribution in [2.75, 3.05) is 0 Å². The van der Waals surface area contributed by atoms with Crippen molar-refractivity contribution in [3.63, 3.8) is 0 Å². The Hall–Kier alpha value is -2.34. The number of alkyl halides is 3. The Morgan fingerprint density at radius 2 is 1.84 bits per heavy atom. The van der Waals surface area contributed by atoms with Gasteiger partial charge in [-0.1, -0.05) is 36.4 Å². The van der Waals surface area contributed by atoms with E-state index in [2.05, 4.69) is 12.1 Å². The van der Waals surface area contributed by atoms with E-state index in [1.165, 1.54) is 0 Å². The Morgan fingerprint density at radius 1 is 1.10 bits per heavy atom. The molecule has 6 heteroatoms. The first-order chi connectivity index (χ1) is 14.6. The van der Waals surface area contributed by atoms with Crippen LogP contribution in [0.5, 0.6) is 0 Å². The monoisotopic (exact) mass is 432 g/mol. The minimum atomic E-state index is -4.28. The average Bonchev–Trinajstić information content (AvgIpc) is 2.73. The fourth-order valence-corrected chi connectivity index (χ4v) is 5.79. The quantitative estimate of drug-likeness (QED) is 0.639. The largest absolute Gasteiger partial charge is 0.478 e. The molecule has 1 fully saturated rings. The standard InChI is InChI=1S/C25H27F3O3/c26-25(27,28)13-11-23(31)10-12-24(15-17-4-2-1-3-5-17)20(16-23)8-6-18-14-19(22(29)30)7-9-21(18)24/h1-5,7,9,14,20,31H,6,8,10-13,15-16H2,(H,29,30)/t20-,23+,24?/m1/s1. The molecule has 0 amide bonds. The van der Waals surface area contributed by atoms with Gasteiger partial charge in [-0.15, -0.1) is 0 Å². The molecule has 0 heterocycles. The lowest BCUT2D eigenvalue weighted by atomic mass is 9.52.